The van der Waals surface area contributed by atoms with Crippen molar-refractivity contribution < 1.29 is 19.3 Å². The van der Waals surface area contributed by atoms with Gasteiger partial charge in [-0.2, -0.15) is 0 Å². The highest BCUT2D eigenvalue weighted by molar-refractivity contribution is 9.10. The SMILES string of the molecule is C[C@H]1CCCN(C(=O)c2cc(Br)cc([N+](=O)[O-])c2N[C@@H]2CCCN(C(=O)[C@H]3CC(=O)N[C@@H](C)C3)C2)C1. The summed E-state index contributed by atoms with van der Waals surface area (Å²) >= 11 is 3.34. The molecule has 1 aromatic rings. The molecule has 4 atom stereocenters. The molecule has 0 aliphatic carbocycles. The minimum Gasteiger partial charge on any atom is -0.374 e. The Morgan fingerprint density at radius 3 is 2.56 bits per heavy atom. The number of benzene rings is 1. The van der Waals surface area contributed by atoms with Gasteiger partial charge in [0.25, 0.3) is 11.6 Å². The molecule has 3 amide bonds. The van der Waals surface area contributed by atoms with Crippen molar-refractivity contribution in [3.63, 3.8) is 0 Å². The van der Waals surface area contributed by atoms with E-state index in [-0.39, 0.29) is 59.1 Å². The highest BCUT2D eigenvalue weighted by Crippen LogP contribution is 2.35. The molecule has 0 unspecified atom stereocenters. The van der Waals surface area contributed by atoms with Gasteiger partial charge in [-0.05, 0) is 51.0 Å². The Labute approximate surface area is 219 Å². The van der Waals surface area contributed by atoms with Crippen molar-refractivity contribution in [1.82, 2.24) is 15.1 Å². The van der Waals surface area contributed by atoms with Crippen molar-refractivity contribution in [3.8, 4) is 0 Å². The van der Waals surface area contributed by atoms with Crippen molar-refractivity contribution in [1.29, 1.82) is 0 Å². The summed E-state index contributed by atoms with van der Waals surface area (Å²) in [5.74, 6) is -0.359. The minimum absolute atomic E-state index is 0.0459. The van der Waals surface area contributed by atoms with Gasteiger partial charge in [0, 0.05) is 61.1 Å². The first-order chi connectivity index (χ1) is 17.1. The number of nitro groups is 1. The van der Waals surface area contributed by atoms with E-state index in [1.165, 1.54) is 6.07 Å². The Hall–Kier alpha value is -2.69. The maximum atomic E-state index is 13.5. The van der Waals surface area contributed by atoms with Gasteiger partial charge >= 0.3 is 0 Å². The van der Waals surface area contributed by atoms with Crippen LogP contribution in [0.2, 0.25) is 0 Å². The van der Waals surface area contributed by atoms with Gasteiger partial charge in [0.15, 0.2) is 0 Å². The molecule has 0 spiro atoms. The van der Waals surface area contributed by atoms with Gasteiger partial charge in [0.1, 0.15) is 5.69 Å². The molecule has 0 aromatic heterocycles. The molecule has 3 aliphatic heterocycles. The van der Waals surface area contributed by atoms with Crippen molar-refractivity contribution in [2.24, 2.45) is 11.8 Å². The molecule has 2 N–H and O–H groups in total. The molecular formula is C25H34BrN5O5. The second kappa shape index (κ2) is 11.1. The predicted molar refractivity (Wildman–Crippen MR) is 139 cm³/mol. The molecule has 196 valence electrons. The zero-order valence-electron chi connectivity index (χ0n) is 20.8. The first kappa shape index (κ1) is 26.4. The Kier molecular flexibility index (Phi) is 8.17. The zero-order chi connectivity index (χ0) is 26.0. The van der Waals surface area contributed by atoms with E-state index in [2.05, 4.69) is 33.5 Å². The molecule has 3 aliphatic rings. The molecule has 36 heavy (non-hydrogen) atoms. The molecule has 10 nitrogen and oxygen atoms in total. The van der Waals surface area contributed by atoms with E-state index in [1.807, 2.05) is 6.92 Å². The lowest BCUT2D eigenvalue weighted by molar-refractivity contribution is -0.384. The number of halogens is 1. The number of hydrogen-bond acceptors (Lipinski definition) is 6. The lowest BCUT2D eigenvalue weighted by atomic mass is 9.90. The van der Waals surface area contributed by atoms with Crippen LogP contribution in [0.3, 0.4) is 0 Å². The summed E-state index contributed by atoms with van der Waals surface area (Å²) in [6.45, 7) is 6.20. The van der Waals surface area contributed by atoms with E-state index in [9.17, 15) is 24.5 Å². The van der Waals surface area contributed by atoms with Crippen LogP contribution in [0.4, 0.5) is 11.4 Å². The van der Waals surface area contributed by atoms with E-state index in [1.54, 1.807) is 15.9 Å². The number of amides is 3. The van der Waals surface area contributed by atoms with Crippen molar-refractivity contribution in [2.75, 3.05) is 31.5 Å². The van der Waals surface area contributed by atoms with Gasteiger partial charge in [0.2, 0.25) is 11.8 Å². The number of nitrogens with one attached hydrogen (secondary N) is 2. The summed E-state index contributed by atoms with van der Waals surface area (Å²) in [6, 6.07) is 2.76. The average Bonchev–Trinajstić information content (AvgIpc) is 2.83. The van der Waals surface area contributed by atoms with E-state index in [0.717, 1.165) is 19.3 Å². The van der Waals surface area contributed by atoms with Gasteiger partial charge in [-0.3, -0.25) is 24.5 Å². The van der Waals surface area contributed by atoms with Crippen LogP contribution in [-0.2, 0) is 9.59 Å². The Bertz CT molecular complexity index is 1050. The number of rotatable bonds is 5. The maximum Gasteiger partial charge on any atom is 0.294 e. The predicted octanol–water partition coefficient (Wildman–Crippen LogP) is 3.55. The second-order valence-corrected chi connectivity index (χ2v) is 11.4. The molecule has 3 saturated heterocycles. The van der Waals surface area contributed by atoms with Crippen molar-refractivity contribution in [3.05, 3.63) is 32.3 Å². The number of nitrogens with zero attached hydrogens (tertiary/aromatic N) is 3. The third kappa shape index (κ3) is 5.99. The van der Waals surface area contributed by atoms with Crippen LogP contribution in [-0.4, -0.2) is 70.7 Å². The number of hydrogen-bond donors (Lipinski definition) is 2. The summed E-state index contributed by atoms with van der Waals surface area (Å²) in [5, 5.41) is 18.1. The van der Waals surface area contributed by atoms with E-state index in [0.29, 0.717) is 49.4 Å². The minimum atomic E-state index is -0.476. The largest absolute Gasteiger partial charge is 0.374 e. The van der Waals surface area contributed by atoms with Crippen LogP contribution in [0.15, 0.2) is 16.6 Å². The number of anilines is 1. The number of likely N-dealkylation sites (tertiary alicyclic amines) is 2. The lowest BCUT2D eigenvalue weighted by Crippen LogP contribution is -2.51. The highest BCUT2D eigenvalue weighted by atomic mass is 79.9. The van der Waals surface area contributed by atoms with Gasteiger partial charge in [-0.15, -0.1) is 0 Å². The molecular weight excluding hydrogens is 530 g/mol. The molecule has 0 bridgehead atoms. The maximum absolute atomic E-state index is 13.5. The number of carbonyl (C=O) groups excluding carboxylic acids is 3. The third-order valence-electron chi connectivity index (χ3n) is 7.36. The quantitative estimate of drug-likeness (QED) is 0.417. The standard InChI is InChI=1S/C25H34BrN5O5/c1-15-5-3-7-29(13-15)25(34)20-11-18(26)12-21(31(35)36)23(20)28-19-6-4-8-30(14-19)24(33)17-9-16(2)27-22(32)10-17/h11-12,15-17,19,28H,3-10,13-14H2,1-2H3,(H,27,32)/t15-,16-,17+,19+/m0/s1. The molecule has 11 heteroatoms. The first-order valence-corrected chi connectivity index (χ1v) is 13.5. The van der Waals surface area contributed by atoms with Crippen LogP contribution >= 0.6 is 15.9 Å². The Morgan fingerprint density at radius 2 is 1.86 bits per heavy atom. The molecule has 0 radical (unpaired) electrons. The first-order valence-electron chi connectivity index (χ1n) is 12.7. The summed E-state index contributed by atoms with van der Waals surface area (Å²) in [5.41, 5.74) is 0.307. The Balaban J connectivity index is 1.56. The van der Waals surface area contributed by atoms with Crippen LogP contribution in [0.5, 0.6) is 0 Å². The fourth-order valence-electron chi connectivity index (χ4n) is 5.67. The van der Waals surface area contributed by atoms with Gasteiger partial charge < -0.3 is 20.4 Å². The zero-order valence-corrected chi connectivity index (χ0v) is 22.4. The molecule has 1 aromatic carbocycles. The third-order valence-corrected chi connectivity index (χ3v) is 7.82. The van der Waals surface area contributed by atoms with Crippen LogP contribution < -0.4 is 10.6 Å². The fourth-order valence-corrected chi connectivity index (χ4v) is 6.12. The average molecular weight is 564 g/mol. The van der Waals surface area contributed by atoms with Crippen molar-refractivity contribution in [2.45, 2.75) is 64.5 Å². The summed E-state index contributed by atoms with van der Waals surface area (Å²) < 4.78 is 0.471. The molecule has 0 saturated carbocycles. The second-order valence-electron chi connectivity index (χ2n) is 10.5. The van der Waals surface area contributed by atoms with E-state index < -0.39 is 4.92 Å². The lowest BCUT2D eigenvalue weighted by Gasteiger charge is -2.37. The highest BCUT2D eigenvalue weighted by Gasteiger charge is 2.35. The normalized spacial score (nSPS) is 26.8. The van der Waals surface area contributed by atoms with Crippen molar-refractivity contribution >= 4 is 45.0 Å². The van der Waals surface area contributed by atoms with Crippen LogP contribution in [0.25, 0.3) is 0 Å². The molecule has 4 rings (SSSR count). The van der Waals surface area contributed by atoms with E-state index >= 15 is 0 Å². The summed E-state index contributed by atoms with van der Waals surface area (Å²) in [6.07, 6.45) is 4.19. The van der Waals surface area contributed by atoms with Crippen LogP contribution in [0.1, 0.15) is 62.7 Å². The van der Waals surface area contributed by atoms with Gasteiger partial charge in [-0.1, -0.05) is 22.9 Å². The fraction of sp³-hybridized carbons (Fsp3) is 0.640. The van der Waals surface area contributed by atoms with E-state index in [4.69, 9.17) is 0 Å². The number of nitro benzene ring substituents is 1. The van der Waals surface area contributed by atoms with Crippen LogP contribution in [0, 0.1) is 22.0 Å². The van der Waals surface area contributed by atoms with Gasteiger partial charge in [0.05, 0.1) is 10.5 Å². The number of carbonyl (C=O) groups is 3. The molecule has 3 fully saturated rings. The smallest absolute Gasteiger partial charge is 0.294 e. The molecule has 3 heterocycles. The van der Waals surface area contributed by atoms with Gasteiger partial charge in [-0.25, -0.2) is 0 Å². The monoisotopic (exact) mass is 563 g/mol. The topological polar surface area (TPSA) is 125 Å². The summed E-state index contributed by atoms with van der Waals surface area (Å²) in [7, 11) is 0. The number of piperidine rings is 3. The Morgan fingerprint density at radius 1 is 1.14 bits per heavy atom. The summed E-state index contributed by atoms with van der Waals surface area (Å²) in [4.78, 5) is 53.7.